The van der Waals surface area contributed by atoms with Crippen molar-refractivity contribution in [2.75, 3.05) is 6.54 Å². The first-order chi connectivity index (χ1) is 9.81. The van der Waals surface area contributed by atoms with Crippen molar-refractivity contribution < 1.29 is 8.42 Å². The second-order valence-corrected chi connectivity index (χ2v) is 7.53. The van der Waals surface area contributed by atoms with Gasteiger partial charge in [-0.2, -0.15) is 0 Å². The van der Waals surface area contributed by atoms with Crippen LogP contribution in [0.1, 0.15) is 39.7 Å². The van der Waals surface area contributed by atoms with Crippen LogP contribution in [0.4, 0.5) is 0 Å². The van der Waals surface area contributed by atoms with Crippen LogP contribution in [-0.2, 0) is 16.6 Å². The van der Waals surface area contributed by atoms with Crippen LogP contribution < -0.4 is 10.0 Å². The van der Waals surface area contributed by atoms with E-state index >= 15 is 0 Å². The largest absolute Gasteiger partial charge is 0.313 e. The van der Waals surface area contributed by atoms with Gasteiger partial charge in [0.1, 0.15) is 0 Å². The first kappa shape index (κ1) is 18.4. The average Bonchev–Trinajstić information content (AvgIpc) is 2.43. The monoisotopic (exact) mass is 332 g/mol. The van der Waals surface area contributed by atoms with Crippen LogP contribution in [0.5, 0.6) is 0 Å². The minimum atomic E-state index is -3.52. The number of rotatable bonds is 8. The summed E-state index contributed by atoms with van der Waals surface area (Å²) < 4.78 is 27.7. The van der Waals surface area contributed by atoms with E-state index in [0.29, 0.717) is 11.6 Å². The second kappa shape index (κ2) is 8.13. The van der Waals surface area contributed by atoms with E-state index in [2.05, 4.69) is 10.0 Å². The molecule has 1 rings (SSSR count). The molecule has 1 aromatic rings. The van der Waals surface area contributed by atoms with Gasteiger partial charge in [0.25, 0.3) is 0 Å². The third-order valence-corrected chi connectivity index (χ3v) is 5.30. The summed E-state index contributed by atoms with van der Waals surface area (Å²) in [5, 5.41) is 3.73. The summed E-state index contributed by atoms with van der Waals surface area (Å²) in [6, 6.07) is 4.76. The third-order valence-electron chi connectivity index (χ3n) is 3.44. The molecule has 21 heavy (non-hydrogen) atoms. The highest BCUT2D eigenvalue weighted by Crippen LogP contribution is 2.21. The Balaban J connectivity index is 3.02. The van der Waals surface area contributed by atoms with E-state index in [0.717, 1.165) is 18.5 Å². The molecule has 0 aliphatic carbocycles. The molecule has 0 aliphatic rings. The highest BCUT2D eigenvalue weighted by atomic mass is 35.5. The van der Waals surface area contributed by atoms with Crippen LogP contribution >= 0.6 is 11.6 Å². The summed E-state index contributed by atoms with van der Waals surface area (Å²) in [5.41, 5.74) is 0.791. The van der Waals surface area contributed by atoms with Gasteiger partial charge in [0.15, 0.2) is 0 Å². The van der Waals surface area contributed by atoms with Crippen molar-refractivity contribution in [2.45, 2.75) is 51.6 Å². The smallest absolute Gasteiger partial charge is 0.240 e. The summed E-state index contributed by atoms with van der Waals surface area (Å²) in [6.45, 7) is 9.34. The second-order valence-electron chi connectivity index (χ2n) is 5.41. The summed E-state index contributed by atoms with van der Waals surface area (Å²) in [6.07, 6.45) is 0.759. The zero-order chi connectivity index (χ0) is 16.0. The van der Waals surface area contributed by atoms with Crippen molar-refractivity contribution >= 4 is 21.6 Å². The zero-order valence-corrected chi connectivity index (χ0v) is 14.7. The molecule has 0 bridgehead atoms. The standard InChI is InChI=1S/C15H25ClN2O2S/c1-5-15(11(3)4)18-21(19,20)13-7-8-14(16)12(9-13)10-17-6-2/h7-9,11,15,17-18H,5-6,10H2,1-4H3. The lowest BCUT2D eigenvalue weighted by molar-refractivity contribution is 0.437. The Hall–Kier alpha value is -0.620. The maximum atomic E-state index is 12.5. The average molecular weight is 333 g/mol. The van der Waals surface area contributed by atoms with Gasteiger partial charge in [0, 0.05) is 17.6 Å². The Morgan fingerprint density at radius 2 is 1.90 bits per heavy atom. The Kier molecular flexibility index (Phi) is 7.13. The molecule has 0 saturated carbocycles. The van der Waals surface area contributed by atoms with E-state index in [1.807, 2.05) is 27.7 Å². The van der Waals surface area contributed by atoms with Crippen molar-refractivity contribution in [2.24, 2.45) is 5.92 Å². The molecule has 2 N–H and O–H groups in total. The molecule has 0 saturated heterocycles. The van der Waals surface area contributed by atoms with E-state index in [4.69, 9.17) is 11.6 Å². The fourth-order valence-corrected chi connectivity index (χ4v) is 3.77. The van der Waals surface area contributed by atoms with Crippen molar-refractivity contribution in [3.8, 4) is 0 Å². The number of sulfonamides is 1. The molecule has 0 fully saturated rings. The Morgan fingerprint density at radius 1 is 1.24 bits per heavy atom. The van der Waals surface area contributed by atoms with Crippen molar-refractivity contribution in [1.82, 2.24) is 10.0 Å². The molecular formula is C15H25ClN2O2S. The molecule has 1 atom stereocenters. The van der Waals surface area contributed by atoms with E-state index in [-0.39, 0.29) is 16.9 Å². The molecule has 0 amide bonds. The highest BCUT2D eigenvalue weighted by molar-refractivity contribution is 7.89. The van der Waals surface area contributed by atoms with Crippen molar-refractivity contribution in [1.29, 1.82) is 0 Å². The maximum Gasteiger partial charge on any atom is 0.240 e. The van der Waals surface area contributed by atoms with E-state index in [1.165, 1.54) is 0 Å². The lowest BCUT2D eigenvalue weighted by Crippen LogP contribution is -2.38. The molecule has 1 unspecified atom stereocenters. The quantitative estimate of drug-likeness (QED) is 0.768. The van der Waals surface area contributed by atoms with Gasteiger partial charge in [-0.3, -0.25) is 0 Å². The molecule has 6 heteroatoms. The highest BCUT2D eigenvalue weighted by Gasteiger charge is 2.21. The van der Waals surface area contributed by atoms with Crippen LogP contribution in [-0.4, -0.2) is 21.0 Å². The molecule has 4 nitrogen and oxygen atoms in total. The van der Waals surface area contributed by atoms with E-state index in [1.54, 1.807) is 18.2 Å². The topological polar surface area (TPSA) is 58.2 Å². The number of nitrogens with one attached hydrogen (secondary N) is 2. The number of hydrogen-bond acceptors (Lipinski definition) is 3. The van der Waals surface area contributed by atoms with Gasteiger partial charge in [0.2, 0.25) is 10.0 Å². The van der Waals surface area contributed by atoms with Gasteiger partial charge in [-0.05, 0) is 42.6 Å². The molecule has 120 valence electrons. The van der Waals surface area contributed by atoms with Gasteiger partial charge in [-0.25, -0.2) is 13.1 Å². The van der Waals surface area contributed by atoms with Crippen LogP contribution in [0, 0.1) is 5.92 Å². The fraction of sp³-hybridized carbons (Fsp3) is 0.600. The number of halogens is 1. The SMILES string of the molecule is CCNCc1cc(S(=O)(=O)NC(CC)C(C)C)ccc1Cl. The number of benzene rings is 1. The van der Waals surface area contributed by atoms with Crippen LogP contribution in [0.2, 0.25) is 5.02 Å². The lowest BCUT2D eigenvalue weighted by Gasteiger charge is -2.21. The van der Waals surface area contributed by atoms with Crippen molar-refractivity contribution in [3.63, 3.8) is 0 Å². The van der Waals surface area contributed by atoms with Gasteiger partial charge in [0.05, 0.1) is 4.90 Å². The lowest BCUT2D eigenvalue weighted by atomic mass is 10.0. The first-order valence-corrected chi connectivity index (χ1v) is 9.19. The van der Waals surface area contributed by atoms with E-state index in [9.17, 15) is 8.42 Å². The van der Waals surface area contributed by atoms with Gasteiger partial charge >= 0.3 is 0 Å². The fourth-order valence-electron chi connectivity index (χ4n) is 2.07. The molecule has 0 spiro atoms. The summed E-state index contributed by atoms with van der Waals surface area (Å²) in [5.74, 6) is 0.248. The summed E-state index contributed by atoms with van der Waals surface area (Å²) in [7, 11) is -3.52. The molecule has 1 aromatic carbocycles. The molecule has 0 radical (unpaired) electrons. The maximum absolute atomic E-state index is 12.5. The minimum absolute atomic E-state index is 0.0668. The predicted molar refractivity (Wildman–Crippen MR) is 88.1 cm³/mol. The Morgan fingerprint density at radius 3 is 2.43 bits per heavy atom. The molecule has 0 heterocycles. The zero-order valence-electron chi connectivity index (χ0n) is 13.1. The molecule has 0 aliphatic heterocycles. The Labute approximate surface area is 133 Å². The van der Waals surface area contributed by atoms with Crippen LogP contribution in [0.25, 0.3) is 0 Å². The van der Waals surface area contributed by atoms with E-state index < -0.39 is 10.0 Å². The van der Waals surface area contributed by atoms with Gasteiger partial charge < -0.3 is 5.32 Å². The first-order valence-electron chi connectivity index (χ1n) is 7.33. The van der Waals surface area contributed by atoms with Crippen LogP contribution in [0.3, 0.4) is 0 Å². The third kappa shape index (κ3) is 5.25. The summed E-state index contributed by atoms with van der Waals surface area (Å²) >= 11 is 6.11. The molecular weight excluding hydrogens is 308 g/mol. The van der Waals surface area contributed by atoms with Gasteiger partial charge in [-0.15, -0.1) is 0 Å². The molecule has 0 aromatic heterocycles. The van der Waals surface area contributed by atoms with Crippen molar-refractivity contribution in [3.05, 3.63) is 28.8 Å². The Bertz CT molecular complexity index is 559. The van der Waals surface area contributed by atoms with Gasteiger partial charge in [-0.1, -0.05) is 39.3 Å². The predicted octanol–water partition coefficient (Wildman–Crippen LogP) is 3.16. The normalized spacial score (nSPS) is 13.6. The van der Waals surface area contributed by atoms with Crippen LogP contribution in [0.15, 0.2) is 23.1 Å². The summed E-state index contributed by atoms with van der Waals surface area (Å²) in [4.78, 5) is 0.263. The number of hydrogen-bond donors (Lipinski definition) is 2. The minimum Gasteiger partial charge on any atom is -0.313 e.